The van der Waals surface area contributed by atoms with E-state index < -0.39 is 0 Å². The molecule has 0 bridgehead atoms. The average Bonchev–Trinajstić information content (AvgIpc) is 2.41. The van der Waals surface area contributed by atoms with Gasteiger partial charge in [-0.05, 0) is 36.2 Å². The van der Waals surface area contributed by atoms with Gasteiger partial charge in [0.25, 0.3) is 0 Å². The van der Waals surface area contributed by atoms with E-state index in [1.54, 1.807) is 6.07 Å². The molecule has 0 aliphatic rings. The van der Waals surface area contributed by atoms with Crippen LogP contribution in [0.3, 0.4) is 0 Å². The fraction of sp³-hybridized carbons (Fsp3) is 0.188. The largest absolute Gasteiger partial charge is 0.399 e. The van der Waals surface area contributed by atoms with Crippen LogP contribution < -0.4 is 10.6 Å². The number of benzene rings is 2. The lowest BCUT2D eigenvalue weighted by Gasteiger charge is -2.21. The van der Waals surface area contributed by atoms with Crippen molar-refractivity contribution < 1.29 is 0 Å². The third-order valence-corrected chi connectivity index (χ3v) is 3.22. The molecule has 96 valence electrons. The minimum Gasteiger partial charge on any atom is -0.399 e. The van der Waals surface area contributed by atoms with E-state index in [0.717, 1.165) is 12.2 Å². The van der Waals surface area contributed by atoms with Crippen LogP contribution in [-0.4, -0.2) is 7.05 Å². The molecule has 0 heterocycles. The molecule has 0 aliphatic carbocycles. The summed E-state index contributed by atoms with van der Waals surface area (Å²) in [6.45, 7) is 2.86. The topological polar surface area (TPSA) is 53.0 Å². The molecular weight excluding hydrogens is 234 g/mol. The van der Waals surface area contributed by atoms with Crippen molar-refractivity contribution >= 4 is 11.4 Å². The highest BCUT2D eigenvalue weighted by Crippen LogP contribution is 2.23. The second-order valence-electron chi connectivity index (χ2n) is 4.67. The van der Waals surface area contributed by atoms with Crippen molar-refractivity contribution in [1.82, 2.24) is 0 Å². The lowest BCUT2D eigenvalue weighted by molar-refractivity contribution is 0.912. The lowest BCUT2D eigenvalue weighted by Crippen LogP contribution is -2.18. The first-order chi connectivity index (χ1) is 9.11. The number of aryl methyl sites for hydroxylation is 1. The van der Waals surface area contributed by atoms with Crippen LogP contribution >= 0.6 is 0 Å². The first kappa shape index (κ1) is 13.0. The first-order valence-electron chi connectivity index (χ1n) is 6.17. The highest BCUT2D eigenvalue weighted by Gasteiger charge is 2.09. The van der Waals surface area contributed by atoms with Crippen LogP contribution in [0.4, 0.5) is 11.4 Å². The van der Waals surface area contributed by atoms with E-state index in [0.29, 0.717) is 11.3 Å². The van der Waals surface area contributed by atoms with Crippen LogP contribution in [0.15, 0.2) is 42.5 Å². The molecule has 0 saturated carbocycles. The zero-order valence-electron chi connectivity index (χ0n) is 11.2. The van der Waals surface area contributed by atoms with E-state index in [-0.39, 0.29) is 0 Å². The highest BCUT2D eigenvalue weighted by atomic mass is 15.1. The van der Waals surface area contributed by atoms with E-state index in [4.69, 9.17) is 5.73 Å². The van der Waals surface area contributed by atoms with Crippen molar-refractivity contribution in [3.8, 4) is 6.07 Å². The first-order valence-corrected chi connectivity index (χ1v) is 6.17. The molecule has 2 aromatic rings. The molecule has 0 atom stereocenters. The summed E-state index contributed by atoms with van der Waals surface area (Å²) in [5, 5.41) is 9.18. The highest BCUT2D eigenvalue weighted by molar-refractivity contribution is 5.64. The van der Waals surface area contributed by atoms with Gasteiger partial charge in [0.2, 0.25) is 0 Å². The summed E-state index contributed by atoms with van der Waals surface area (Å²) < 4.78 is 0. The Morgan fingerprint density at radius 3 is 2.63 bits per heavy atom. The molecule has 2 rings (SSSR count). The Morgan fingerprint density at radius 1 is 1.21 bits per heavy atom. The van der Waals surface area contributed by atoms with E-state index >= 15 is 0 Å². The Kier molecular flexibility index (Phi) is 3.72. The van der Waals surface area contributed by atoms with Gasteiger partial charge in [-0.2, -0.15) is 5.26 Å². The van der Waals surface area contributed by atoms with E-state index in [1.165, 1.54) is 11.1 Å². The average molecular weight is 251 g/mol. The van der Waals surface area contributed by atoms with Crippen LogP contribution in [0.2, 0.25) is 0 Å². The van der Waals surface area contributed by atoms with Crippen molar-refractivity contribution in [3.63, 3.8) is 0 Å². The van der Waals surface area contributed by atoms with Gasteiger partial charge in [-0.25, -0.2) is 0 Å². The Balaban J connectivity index is 2.28. The van der Waals surface area contributed by atoms with Crippen molar-refractivity contribution in [3.05, 3.63) is 59.2 Å². The van der Waals surface area contributed by atoms with Gasteiger partial charge in [0.15, 0.2) is 0 Å². The van der Waals surface area contributed by atoms with Crippen LogP contribution in [0.25, 0.3) is 0 Å². The van der Waals surface area contributed by atoms with Gasteiger partial charge in [0.1, 0.15) is 6.07 Å². The minimum atomic E-state index is 0.607. The van der Waals surface area contributed by atoms with Gasteiger partial charge in [-0.1, -0.05) is 24.3 Å². The van der Waals surface area contributed by atoms with Gasteiger partial charge < -0.3 is 10.6 Å². The maximum Gasteiger partial charge on any atom is 0.101 e. The minimum absolute atomic E-state index is 0.607. The van der Waals surface area contributed by atoms with Crippen molar-refractivity contribution in [2.75, 3.05) is 17.7 Å². The van der Waals surface area contributed by atoms with Crippen LogP contribution in [0, 0.1) is 18.3 Å². The van der Waals surface area contributed by atoms with Crippen molar-refractivity contribution in [1.29, 1.82) is 5.26 Å². The number of rotatable bonds is 3. The Morgan fingerprint density at radius 2 is 1.95 bits per heavy atom. The smallest absolute Gasteiger partial charge is 0.101 e. The fourth-order valence-electron chi connectivity index (χ4n) is 2.10. The monoisotopic (exact) mass is 251 g/mol. The Labute approximate surface area is 113 Å². The number of nitrogens with two attached hydrogens (primary N) is 1. The molecule has 0 saturated heterocycles. The maximum atomic E-state index is 9.18. The van der Waals surface area contributed by atoms with Crippen LogP contribution in [0.5, 0.6) is 0 Å². The SMILES string of the molecule is Cc1ccccc1CN(C)c1ccc(N)cc1C#N. The molecule has 0 unspecified atom stereocenters. The second kappa shape index (κ2) is 5.45. The predicted octanol–water partition coefficient (Wildman–Crippen LogP) is 3.09. The van der Waals surface area contributed by atoms with E-state index in [9.17, 15) is 5.26 Å². The van der Waals surface area contributed by atoms with Gasteiger partial charge in [-0.15, -0.1) is 0 Å². The van der Waals surface area contributed by atoms with Crippen molar-refractivity contribution in [2.24, 2.45) is 0 Å². The number of nitrogens with zero attached hydrogens (tertiary/aromatic N) is 2. The molecule has 0 aromatic heterocycles. The number of hydrogen-bond donors (Lipinski definition) is 1. The van der Waals surface area contributed by atoms with Crippen molar-refractivity contribution in [2.45, 2.75) is 13.5 Å². The molecular formula is C16H17N3. The molecule has 19 heavy (non-hydrogen) atoms. The molecule has 0 spiro atoms. The van der Waals surface area contributed by atoms with Gasteiger partial charge >= 0.3 is 0 Å². The summed E-state index contributed by atoms with van der Waals surface area (Å²) in [6, 6.07) is 15.9. The molecule has 3 heteroatoms. The molecule has 0 aliphatic heterocycles. The predicted molar refractivity (Wildman–Crippen MR) is 78.9 cm³/mol. The Hall–Kier alpha value is -2.47. The lowest BCUT2D eigenvalue weighted by atomic mass is 10.1. The third-order valence-electron chi connectivity index (χ3n) is 3.22. The number of hydrogen-bond acceptors (Lipinski definition) is 3. The number of nitrogen functional groups attached to an aromatic ring is 1. The van der Waals surface area contributed by atoms with Crippen LogP contribution in [-0.2, 0) is 6.54 Å². The molecule has 0 amide bonds. The van der Waals surface area contributed by atoms with E-state index in [1.807, 2.05) is 31.3 Å². The standard InChI is InChI=1S/C16H17N3/c1-12-5-3-4-6-13(12)11-19(2)16-8-7-15(18)9-14(16)10-17/h3-9H,11,18H2,1-2H3. The number of nitriles is 1. The molecule has 2 aromatic carbocycles. The molecule has 2 N–H and O–H groups in total. The third kappa shape index (κ3) is 2.86. The Bertz CT molecular complexity index is 626. The van der Waals surface area contributed by atoms with E-state index in [2.05, 4.69) is 30.0 Å². The summed E-state index contributed by atoms with van der Waals surface area (Å²) in [7, 11) is 1.98. The summed E-state index contributed by atoms with van der Waals surface area (Å²) in [4.78, 5) is 2.07. The summed E-state index contributed by atoms with van der Waals surface area (Å²) >= 11 is 0. The van der Waals surface area contributed by atoms with Gasteiger partial charge in [0.05, 0.1) is 11.3 Å². The summed E-state index contributed by atoms with van der Waals surface area (Å²) in [6.07, 6.45) is 0. The maximum absolute atomic E-state index is 9.18. The number of anilines is 2. The van der Waals surface area contributed by atoms with Crippen LogP contribution in [0.1, 0.15) is 16.7 Å². The molecule has 0 fully saturated rings. The normalized spacial score (nSPS) is 9.95. The second-order valence-corrected chi connectivity index (χ2v) is 4.67. The quantitative estimate of drug-likeness (QED) is 0.853. The summed E-state index contributed by atoms with van der Waals surface area (Å²) in [5.41, 5.74) is 10.3. The molecule has 3 nitrogen and oxygen atoms in total. The van der Waals surface area contributed by atoms with Gasteiger partial charge in [-0.3, -0.25) is 0 Å². The zero-order chi connectivity index (χ0) is 13.8. The zero-order valence-corrected chi connectivity index (χ0v) is 11.2. The summed E-state index contributed by atoms with van der Waals surface area (Å²) in [5.74, 6) is 0. The van der Waals surface area contributed by atoms with Gasteiger partial charge in [0, 0.05) is 19.3 Å². The molecule has 0 radical (unpaired) electrons. The fourth-order valence-corrected chi connectivity index (χ4v) is 2.10.